The van der Waals surface area contributed by atoms with Gasteiger partial charge in [0, 0.05) is 19.7 Å². The molecule has 0 saturated heterocycles. The topological polar surface area (TPSA) is 22.0 Å². The van der Waals surface area contributed by atoms with Crippen LogP contribution in [-0.2, 0) is 18.3 Å². The molecule has 0 spiro atoms. The Bertz CT molecular complexity index is 496. The fourth-order valence-corrected chi connectivity index (χ4v) is 1.95. The highest BCUT2D eigenvalue weighted by molar-refractivity contribution is 5.84. The summed E-state index contributed by atoms with van der Waals surface area (Å²) in [5.74, 6) is 0.251. The van der Waals surface area contributed by atoms with Crippen molar-refractivity contribution in [2.24, 2.45) is 7.05 Å². The molecule has 0 unspecified atom stereocenters. The number of hydrogen-bond acceptors (Lipinski definition) is 1. The molecule has 0 radical (unpaired) electrons. The molecule has 0 aliphatic carbocycles. The highest BCUT2D eigenvalue weighted by atomic mass is 16.1. The first kappa shape index (κ1) is 9.97. The minimum Gasteiger partial charge on any atom is -0.350 e. The minimum absolute atomic E-state index is 0.251. The lowest BCUT2D eigenvalue weighted by molar-refractivity contribution is -0.116. The molecule has 2 aromatic rings. The monoisotopic (exact) mass is 201 g/mol. The van der Waals surface area contributed by atoms with Gasteiger partial charge in [-0.15, -0.1) is 0 Å². The molecule has 1 heterocycles. The number of carbonyl (C=O) groups is 1. The maximum absolute atomic E-state index is 11.0. The Morgan fingerprint density at radius 1 is 1.33 bits per heavy atom. The number of hydrogen-bond donors (Lipinski definition) is 0. The molecule has 78 valence electrons. The van der Waals surface area contributed by atoms with E-state index in [-0.39, 0.29) is 5.78 Å². The molecule has 1 aromatic carbocycles. The van der Waals surface area contributed by atoms with E-state index in [1.807, 2.05) is 7.05 Å². The van der Waals surface area contributed by atoms with Gasteiger partial charge in [0.05, 0.1) is 5.52 Å². The molecule has 0 aliphatic heterocycles. The van der Waals surface area contributed by atoms with E-state index < -0.39 is 0 Å². The number of ketones is 1. The van der Waals surface area contributed by atoms with E-state index in [1.54, 1.807) is 6.92 Å². The minimum atomic E-state index is 0.251. The Kier molecular flexibility index (Phi) is 2.58. The smallest absolute Gasteiger partial charge is 0.130 e. The summed E-state index contributed by atoms with van der Waals surface area (Å²) in [6.07, 6.45) is 3.52. The van der Waals surface area contributed by atoms with Crippen LogP contribution in [0.25, 0.3) is 10.9 Å². The molecule has 0 bridgehead atoms. The highest BCUT2D eigenvalue weighted by Gasteiger charge is 2.04. The van der Waals surface area contributed by atoms with Gasteiger partial charge in [0.25, 0.3) is 0 Å². The van der Waals surface area contributed by atoms with Crippen molar-refractivity contribution in [2.45, 2.75) is 19.8 Å². The first-order valence-electron chi connectivity index (χ1n) is 5.21. The van der Waals surface area contributed by atoms with Crippen LogP contribution in [0.3, 0.4) is 0 Å². The van der Waals surface area contributed by atoms with Crippen LogP contribution < -0.4 is 0 Å². The predicted molar refractivity (Wildman–Crippen MR) is 61.9 cm³/mol. The molecule has 0 saturated carbocycles. The Hall–Kier alpha value is -1.57. The molecular weight excluding hydrogens is 186 g/mol. The third-order valence-electron chi connectivity index (χ3n) is 2.73. The van der Waals surface area contributed by atoms with Gasteiger partial charge in [0.1, 0.15) is 5.78 Å². The normalized spacial score (nSPS) is 10.8. The van der Waals surface area contributed by atoms with Crippen molar-refractivity contribution in [3.05, 3.63) is 36.0 Å². The summed E-state index contributed by atoms with van der Waals surface area (Å²) in [6, 6.07) is 8.36. The highest BCUT2D eigenvalue weighted by Crippen LogP contribution is 2.20. The number of nitrogens with zero attached hydrogens (tertiary/aromatic N) is 1. The predicted octanol–water partition coefficient (Wildman–Crippen LogP) is 2.70. The second-order valence-electron chi connectivity index (χ2n) is 3.98. The summed E-state index contributed by atoms with van der Waals surface area (Å²) >= 11 is 0. The van der Waals surface area contributed by atoms with Crippen LogP contribution in [0.1, 0.15) is 18.9 Å². The van der Waals surface area contributed by atoms with E-state index in [2.05, 4.69) is 35.0 Å². The van der Waals surface area contributed by atoms with Crippen LogP contribution in [0.5, 0.6) is 0 Å². The number of rotatable bonds is 3. The van der Waals surface area contributed by atoms with E-state index in [0.29, 0.717) is 6.42 Å². The number of para-hydroxylation sites is 1. The molecule has 2 nitrogen and oxygen atoms in total. The van der Waals surface area contributed by atoms with Crippen LogP contribution >= 0.6 is 0 Å². The summed E-state index contributed by atoms with van der Waals surface area (Å²) in [6.45, 7) is 1.64. The number of carbonyl (C=O) groups excluding carboxylic acids is 1. The first-order valence-corrected chi connectivity index (χ1v) is 5.21. The Morgan fingerprint density at radius 2 is 2.13 bits per heavy atom. The summed E-state index contributed by atoms with van der Waals surface area (Å²) in [5, 5.41) is 1.25. The van der Waals surface area contributed by atoms with Crippen LogP contribution in [0.4, 0.5) is 0 Å². The number of benzene rings is 1. The van der Waals surface area contributed by atoms with Crippen LogP contribution in [0.15, 0.2) is 30.5 Å². The van der Waals surface area contributed by atoms with E-state index in [9.17, 15) is 4.79 Å². The van der Waals surface area contributed by atoms with Gasteiger partial charge in [-0.1, -0.05) is 18.2 Å². The van der Waals surface area contributed by atoms with Crippen LogP contribution in [0, 0.1) is 0 Å². The summed E-state index contributed by atoms with van der Waals surface area (Å²) < 4.78 is 2.12. The zero-order valence-corrected chi connectivity index (χ0v) is 9.16. The lowest BCUT2D eigenvalue weighted by atomic mass is 10.1. The fourth-order valence-electron chi connectivity index (χ4n) is 1.95. The number of aryl methyl sites for hydroxylation is 2. The zero-order chi connectivity index (χ0) is 10.8. The van der Waals surface area contributed by atoms with Crippen molar-refractivity contribution >= 4 is 16.7 Å². The zero-order valence-electron chi connectivity index (χ0n) is 9.16. The van der Waals surface area contributed by atoms with Crippen molar-refractivity contribution < 1.29 is 4.79 Å². The van der Waals surface area contributed by atoms with Gasteiger partial charge < -0.3 is 9.36 Å². The second-order valence-corrected chi connectivity index (χ2v) is 3.98. The Morgan fingerprint density at radius 3 is 2.87 bits per heavy atom. The van der Waals surface area contributed by atoms with E-state index in [0.717, 1.165) is 6.42 Å². The van der Waals surface area contributed by atoms with Crippen molar-refractivity contribution in [3.8, 4) is 0 Å². The fraction of sp³-hybridized carbons (Fsp3) is 0.308. The molecular formula is C13H15NO. The maximum atomic E-state index is 11.0. The SMILES string of the molecule is CC(=O)CCc1cccc2ccn(C)c12. The van der Waals surface area contributed by atoms with Crippen molar-refractivity contribution in [1.82, 2.24) is 4.57 Å². The maximum Gasteiger partial charge on any atom is 0.130 e. The van der Waals surface area contributed by atoms with Crippen LogP contribution in [0.2, 0.25) is 0 Å². The molecule has 0 aliphatic rings. The summed E-state index contributed by atoms with van der Waals surface area (Å²) in [4.78, 5) is 11.0. The van der Waals surface area contributed by atoms with Gasteiger partial charge in [0.2, 0.25) is 0 Å². The first-order chi connectivity index (χ1) is 7.18. The van der Waals surface area contributed by atoms with E-state index in [4.69, 9.17) is 0 Å². The van der Waals surface area contributed by atoms with E-state index >= 15 is 0 Å². The standard InChI is InChI=1S/C13H15NO/c1-10(15)6-7-11-4-3-5-12-8-9-14(2)13(11)12/h3-5,8-9H,6-7H2,1-2H3. The molecule has 0 N–H and O–H groups in total. The van der Waals surface area contributed by atoms with Crippen molar-refractivity contribution in [2.75, 3.05) is 0 Å². The summed E-state index contributed by atoms with van der Waals surface area (Å²) in [5.41, 5.74) is 2.51. The molecule has 0 atom stereocenters. The number of Topliss-reactive ketones (excluding diaryl/α,β-unsaturated/α-hetero) is 1. The van der Waals surface area contributed by atoms with Gasteiger partial charge in [-0.2, -0.15) is 0 Å². The average molecular weight is 201 g/mol. The van der Waals surface area contributed by atoms with Gasteiger partial charge in [-0.05, 0) is 30.4 Å². The van der Waals surface area contributed by atoms with Gasteiger partial charge in [-0.25, -0.2) is 0 Å². The Balaban J connectivity index is 2.41. The Labute approximate surface area is 89.5 Å². The van der Waals surface area contributed by atoms with Gasteiger partial charge >= 0.3 is 0 Å². The second kappa shape index (κ2) is 3.89. The molecule has 0 amide bonds. The lowest BCUT2D eigenvalue weighted by Crippen LogP contribution is -1.97. The lowest BCUT2D eigenvalue weighted by Gasteiger charge is -2.04. The largest absolute Gasteiger partial charge is 0.350 e. The summed E-state index contributed by atoms with van der Waals surface area (Å²) in [7, 11) is 2.04. The quantitative estimate of drug-likeness (QED) is 0.748. The van der Waals surface area contributed by atoms with Crippen LogP contribution in [-0.4, -0.2) is 10.4 Å². The number of aromatic nitrogens is 1. The molecule has 2 rings (SSSR count). The molecule has 0 fully saturated rings. The molecule has 1 aromatic heterocycles. The van der Waals surface area contributed by atoms with Gasteiger partial charge in [0.15, 0.2) is 0 Å². The average Bonchev–Trinajstić information content (AvgIpc) is 2.58. The van der Waals surface area contributed by atoms with Crippen molar-refractivity contribution in [1.29, 1.82) is 0 Å². The molecule has 15 heavy (non-hydrogen) atoms. The third-order valence-corrected chi connectivity index (χ3v) is 2.73. The van der Waals surface area contributed by atoms with Crippen molar-refractivity contribution in [3.63, 3.8) is 0 Å². The molecule has 2 heteroatoms. The van der Waals surface area contributed by atoms with Gasteiger partial charge in [-0.3, -0.25) is 0 Å². The number of fused-ring (bicyclic) bond motifs is 1. The third kappa shape index (κ3) is 1.94. The van der Waals surface area contributed by atoms with E-state index in [1.165, 1.54) is 16.5 Å².